The molecule has 10 heteroatoms. The first kappa shape index (κ1) is 19.7. The Bertz CT molecular complexity index is 848. The summed E-state index contributed by atoms with van der Waals surface area (Å²) < 4.78 is 64.0. The molecule has 0 radical (unpaired) electrons. The van der Waals surface area contributed by atoms with E-state index in [0.717, 1.165) is 31.6 Å². The van der Waals surface area contributed by atoms with Gasteiger partial charge in [-0.15, -0.1) is 11.3 Å². The van der Waals surface area contributed by atoms with Crippen molar-refractivity contribution in [3.05, 3.63) is 46.2 Å². The van der Waals surface area contributed by atoms with Crippen LogP contribution in [0.3, 0.4) is 0 Å². The topological polar surface area (TPSA) is 49.4 Å². The molecule has 1 aliphatic rings. The second-order valence-electron chi connectivity index (χ2n) is 5.81. The lowest BCUT2D eigenvalue weighted by Gasteiger charge is -2.26. The molecule has 0 unspecified atom stereocenters. The maximum Gasteiger partial charge on any atom is 0.446 e. The summed E-state index contributed by atoms with van der Waals surface area (Å²) in [6.45, 7) is 2.53. The van der Waals surface area contributed by atoms with Crippen molar-refractivity contribution in [2.75, 3.05) is 19.6 Å². The van der Waals surface area contributed by atoms with Gasteiger partial charge in [0.2, 0.25) is 10.0 Å². The fraction of sp³-hybridized carbons (Fsp3) is 0.375. The maximum atomic E-state index is 12.3. The SMILES string of the molecule is O=S(=O)(NCCN1CCc2sccc2C1)c1ccc(SC(F)(F)F)cc1. The molecular formula is C16H17F3N2O2S3. The van der Waals surface area contributed by atoms with Gasteiger partial charge in [0.15, 0.2) is 0 Å². The number of benzene rings is 1. The number of alkyl halides is 3. The van der Waals surface area contributed by atoms with Gasteiger partial charge in [0, 0.05) is 36.0 Å². The van der Waals surface area contributed by atoms with Crippen molar-refractivity contribution >= 4 is 33.1 Å². The van der Waals surface area contributed by atoms with Crippen LogP contribution in [-0.4, -0.2) is 38.5 Å². The summed E-state index contributed by atoms with van der Waals surface area (Å²) in [6, 6.07) is 6.80. The number of halogens is 3. The number of nitrogens with zero attached hydrogens (tertiary/aromatic N) is 1. The average molecular weight is 423 g/mol. The second-order valence-corrected chi connectivity index (χ2v) is 9.72. The van der Waals surface area contributed by atoms with Crippen LogP contribution in [0, 0.1) is 0 Å². The normalized spacial score (nSPS) is 15.8. The van der Waals surface area contributed by atoms with E-state index in [9.17, 15) is 21.6 Å². The zero-order valence-corrected chi connectivity index (χ0v) is 16.1. The van der Waals surface area contributed by atoms with Crippen LogP contribution in [0.15, 0.2) is 45.5 Å². The molecule has 4 nitrogen and oxygen atoms in total. The summed E-state index contributed by atoms with van der Waals surface area (Å²) in [5, 5.41) is 2.07. The number of rotatable bonds is 6. The highest BCUT2D eigenvalue weighted by Crippen LogP contribution is 2.36. The minimum Gasteiger partial charge on any atom is -0.297 e. The fourth-order valence-electron chi connectivity index (χ4n) is 2.74. The van der Waals surface area contributed by atoms with Crippen LogP contribution in [0.2, 0.25) is 0 Å². The van der Waals surface area contributed by atoms with E-state index in [1.807, 2.05) is 0 Å². The van der Waals surface area contributed by atoms with Crippen molar-refractivity contribution < 1.29 is 21.6 Å². The van der Waals surface area contributed by atoms with Crippen LogP contribution in [0.4, 0.5) is 13.2 Å². The molecule has 0 atom stereocenters. The number of thioether (sulfide) groups is 1. The van der Waals surface area contributed by atoms with E-state index in [4.69, 9.17) is 0 Å². The first-order valence-corrected chi connectivity index (χ1v) is 11.0. The van der Waals surface area contributed by atoms with Crippen LogP contribution in [0.25, 0.3) is 0 Å². The van der Waals surface area contributed by atoms with Crippen molar-refractivity contribution in [3.63, 3.8) is 0 Å². The Morgan fingerprint density at radius 1 is 1.19 bits per heavy atom. The van der Waals surface area contributed by atoms with Crippen molar-refractivity contribution in [1.82, 2.24) is 9.62 Å². The molecule has 1 aromatic heterocycles. The molecule has 0 spiro atoms. The first-order chi connectivity index (χ1) is 12.2. The third kappa shape index (κ3) is 5.23. The van der Waals surface area contributed by atoms with Gasteiger partial charge in [-0.05, 0) is 59.5 Å². The zero-order valence-electron chi connectivity index (χ0n) is 13.6. The Kier molecular flexibility index (Phi) is 5.97. The van der Waals surface area contributed by atoms with E-state index >= 15 is 0 Å². The van der Waals surface area contributed by atoms with Gasteiger partial charge in [0.25, 0.3) is 0 Å². The van der Waals surface area contributed by atoms with Crippen molar-refractivity contribution in [3.8, 4) is 0 Å². The van der Waals surface area contributed by atoms with Crippen LogP contribution >= 0.6 is 23.1 Å². The number of hydrogen-bond acceptors (Lipinski definition) is 5. The van der Waals surface area contributed by atoms with Gasteiger partial charge >= 0.3 is 5.51 Å². The van der Waals surface area contributed by atoms with E-state index in [-0.39, 0.29) is 28.1 Å². The quantitative estimate of drug-likeness (QED) is 0.722. The zero-order chi connectivity index (χ0) is 18.8. The third-order valence-corrected chi connectivity index (χ3v) is 7.21. The van der Waals surface area contributed by atoms with Gasteiger partial charge in [-0.25, -0.2) is 13.1 Å². The Morgan fingerprint density at radius 3 is 2.62 bits per heavy atom. The van der Waals surface area contributed by atoms with E-state index in [2.05, 4.69) is 21.1 Å². The summed E-state index contributed by atoms with van der Waals surface area (Å²) >= 11 is 1.48. The number of hydrogen-bond donors (Lipinski definition) is 1. The number of nitrogens with one attached hydrogen (secondary N) is 1. The molecular weight excluding hydrogens is 405 g/mol. The van der Waals surface area contributed by atoms with E-state index in [1.54, 1.807) is 11.3 Å². The number of sulfonamides is 1. The fourth-order valence-corrected chi connectivity index (χ4v) is 5.19. The van der Waals surface area contributed by atoms with Gasteiger partial charge in [0.05, 0.1) is 4.90 Å². The van der Waals surface area contributed by atoms with Crippen molar-refractivity contribution in [2.45, 2.75) is 28.3 Å². The lowest BCUT2D eigenvalue weighted by molar-refractivity contribution is -0.0328. The Morgan fingerprint density at radius 2 is 1.92 bits per heavy atom. The van der Waals surface area contributed by atoms with Gasteiger partial charge in [-0.3, -0.25) is 4.90 Å². The smallest absolute Gasteiger partial charge is 0.297 e. The summed E-state index contributed by atoms with van der Waals surface area (Å²) in [5.74, 6) is 0. The molecule has 1 aromatic carbocycles. The maximum absolute atomic E-state index is 12.3. The molecule has 1 aliphatic heterocycles. The minimum atomic E-state index is -4.39. The molecule has 3 rings (SSSR count). The number of fused-ring (bicyclic) bond motifs is 1. The summed E-state index contributed by atoms with van der Waals surface area (Å²) in [7, 11) is -3.74. The highest BCUT2D eigenvalue weighted by atomic mass is 32.2. The summed E-state index contributed by atoms with van der Waals surface area (Å²) in [5.41, 5.74) is -3.10. The van der Waals surface area contributed by atoms with E-state index < -0.39 is 15.5 Å². The molecule has 0 saturated carbocycles. The monoisotopic (exact) mass is 422 g/mol. The van der Waals surface area contributed by atoms with Gasteiger partial charge in [0.1, 0.15) is 0 Å². The minimum absolute atomic E-state index is 0.0391. The highest BCUT2D eigenvalue weighted by Gasteiger charge is 2.29. The summed E-state index contributed by atoms with van der Waals surface area (Å²) in [4.78, 5) is 3.48. The van der Waals surface area contributed by atoms with Gasteiger partial charge in [-0.1, -0.05) is 0 Å². The third-order valence-electron chi connectivity index (χ3n) is 3.97. The number of thiophene rings is 1. The predicted octanol–water partition coefficient (Wildman–Crippen LogP) is 3.70. The van der Waals surface area contributed by atoms with Crippen molar-refractivity contribution in [1.29, 1.82) is 0 Å². The standard InChI is InChI=1S/C16H17F3N2O2S3/c17-16(18,19)25-13-1-3-14(4-2-13)26(22,23)20-7-9-21-8-5-15-12(11-21)6-10-24-15/h1-4,6,10,20H,5,7-9,11H2. The highest BCUT2D eigenvalue weighted by molar-refractivity contribution is 8.00. The molecule has 26 heavy (non-hydrogen) atoms. The lowest BCUT2D eigenvalue weighted by Crippen LogP contribution is -2.37. The molecule has 0 fully saturated rings. The molecule has 1 N–H and O–H groups in total. The Balaban J connectivity index is 1.53. The van der Waals surface area contributed by atoms with Gasteiger partial charge < -0.3 is 0 Å². The molecule has 0 saturated heterocycles. The predicted molar refractivity (Wildman–Crippen MR) is 96.8 cm³/mol. The van der Waals surface area contributed by atoms with Crippen LogP contribution in [-0.2, 0) is 23.0 Å². The molecule has 0 bridgehead atoms. The van der Waals surface area contributed by atoms with Crippen LogP contribution < -0.4 is 4.72 Å². The lowest BCUT2D eigenvalue weighted by atomic mass is 10.1. The van der Waals surface area contributed by atoms with E-state index in [1.165, 1.54) is 22.6 Å². The van der Waals surface area contributed by atoms with Crippen LogP contribution in [0.5, 0.6) is 0 Å². The molecule has 2 aromatic rings. The average Bonchev–Trinajstić information content (AvgIpc) is 3.01. The van der Waals surface area contributed by atoms with Gasteiger partial charge in [-0.2, -0.15) is 13.2 Å². The molecule has 0 aliphatic carbocycles. The Hall–Kier alpha value is -1.07. The molecule has 2 heterocycles. The molecule has 142 valence electrons. The first-order valence-electron chi connectivity index (χ1n) is 7.86. The van der Waals surface area contributed by atoms with E-state index in [0.29, 0.717) is 6.54 Å². The largest absolute Gasteiger partial charge is 0.446 e. The summed E-state index contributed by atoms with van der Waals surface area (Å²) in [6.07, 6.45) is 0.970. The Labute approximate surface area is 158 Å². The second kappa shape index (κ2) is 7.89. The van der Waals surface area contributed by atoms with Crippen LogP contribution in [0.1, 0.15) is 10.4 Å². The van der Waals surface area contributed by atoms with Crippen molar-refractivity contribution in [2.24, 2.45) is 0 Å². The molecule has 0 amide bonds.